The smallest absolute Gasteiger partial charge is 0.0661 e. The fourth-order valence-electron chi connectivity index (χ4n) is 1.63. The molecule has 0 saturated carbocycles. The number of aromatic nitrogens is 1. The third-order valence-corrected chi connectivity index (χ3v) is 2.42. The van der Waals surface area contributed by atoms with Gasteiger partial charge in [-0.1, -0.05) is 18.2 Å². The fourth-order valence-corrected chi connectivity index (χ4v) is 1.63. The number of rotatable bonds is 5. The molecule has 0 radical (unpaired) electrons. The lowest BCUT2D eigenvalue weighted by molar-refractivity contribution is 0.156. The predicted molar refractivity (Wildman–Crippen MR) is 67.3 cm³/mol. The summed E-state index contributed by atoms with van der Waals surface area (Å²) >= 11 is 0. The molecular weight excluding hydrogens is 200 g/mol. The minimum Gasteiger partial charge on any atom is -0.380 e. The zero-order valence-corrected chi connectivity index (χ0v) is 9.44. The Morgan fingerprint density at radius 2 is 2.25 bits per heavy atom. The van der Waals surface area contributed by atoms with Gasteiger partial charge < -0.3 is 9.72 Å². The van der Waals surface area contributed by atoms with Crippen LogP contribution in [-0.2, 0) is 4.74 Å². The van der Waals surface area contributed by atoms with E-state index in [0.29, 0.717) is 13.2 Å². The van der Waals surface area contributed by atoms with Crippen LogP contribution in [-0.4, -0.2) is 31.0 Å². The van der Waals surface area contributed by atoms with E-state index in [1.165, 1.54) is 5.39 Å². The Labute approximate surface area is 95.2 Å². The number of benzene rings is 1. The number of nitrogens with zero attached hydrogens (tertiary/aromatic N) is 1. The van der Waals surface area contributed by atoms with Gasteiger partial charge in [0.25, 0.3) is 0 Å². The van der Waals surface area contributed by atoms with Crippen LogP contribution in [0.15, 0.2) is 35.5 Å². The van der Waals surface area contributed by atoms with E-state index < -0.39 is 0 Å². The fraction of sp³-hybridized carbons (Fsp3) is 0.308. The van der Waals surface area contributed by atoms with E-state index in [1.54, 1.807) is 0 Å². The van der Waals surface area contributed by atoms with Crippen LogP contribution in [0.5, 0.6) is 0 Å². The molecule has 0 aliphatic carbocycles. The van der Waals surface area contributed by atoms with Crippen LogP contribution in [0.3, 0.4) is 0 Å². The van der Waals surface area contributed by atoms with Crippen molar-refractivity contribution in [2.75, 3.05) is 19.8 Å². The molecule has 16 heavy (non-hydrogen) atoms. The third-order valence-electron chi connectivity index (χ3n) is 2.42. The van der Waals surface area contributed by atoms with E-state index in [4.69, 9.17) is 4.74 Å². The van der Waals surface area contributed by atoms with Gasteiger partial charge in [-0.3, -0.25) is 4.99 Å². The van der Waals surface area contributed by atoms with Gasteiger partial charge in [0.15, 0.2) is 0 Å². The molecule has 1 aromatic carbocycles. The van der Waals surface area contributed by atoms with Crippen molar-refractivity contribution in [2.45, 2.75) is 6.92 Å². The standard InChI is InChI=1S/C13H16N2O/c1-2-16-8-7-14-9-11-10-15-13-6-4-3-5-12(11)13/h3-6,9-10,15H,2,7-8H2,1H3. The Kier molecular flexibility index (Phi) is 3.72. The van der Waals surface area contributed by atoms with Crippen LogP contribution in [0.1, 0.15) is 12.5 Å². The maximum Gasteiger partial charge on any atom is 0.0661 e. The topological polar surface area (TPSA) is 37.4 Å². The van der Waals surface area contributed by atoms with Crippen molar-refractivity contribution in [3.63, 3.8) is 0 Å². The zero-order chi connectivity index (χ0) is 11.2. The van der Waals surface area contributed by atoms with E-state index >= 15 is 0 Å². The Morgan fingerprint density at radius 3 is 3.12 bits per heavy atom. The average Bonchev–Trinajstić information content (AvgIpc) is 2.73. The first-order chi connectivity index (χ1) is 7.92. The number of para-hydroxylation sites is 1. The molecule has 0 aliphatic rings. The van der Waals surface area contributed by atoms with Gasteiger partial charge in [-0.05, 0) is 13.0 Å². The maximum absolute atomic E-state index is 5.22. The van der Waals surface area contributed by atoms with Crippen molar-refractivity contribution in [2.24, 2.45) is 4.99 Å². The minimum atomic E-state index is 0.690. The Balaban J connectivity index is 2.04. The second-order valence-electron chi connectivity index (χ2n) is 3.52. The molecule has 2 aromatic rings. The van der Waals surface area contributed by atoms with Gasteiger partial charge in [-0.25, -0.2) is 0 Å². The molecule has 1 aromatic heterocycles. The third kappa shape index (κ3) is 2.49. The predicted octanol–water partition coefficient (Wildman–Crippen LogP) is 2.62. The number of ether oxygens (including phenoxy) is 1. The Morgan fingerprint density at radius 1 is 1.38 bits per heavy atom. The summed E-state index contributed by atoms with van der Waals surface area (Å²) < 4.78 is 5.22. The van der Waals surface area contributed by atoms with Gasteiger partial charge >= 0.3 is 0 Å². The van der Waals surface area contributed by atoms with Crippen molar-refractivity contribution < 1.29 is 4.74 Å². The zero-order valence-electron chi connectivity index (χ0n) is 9.44. The normalized spacial score (nSPS) is 11.6. The van der Waals surface area contributed by atoms with Gasteiger partial charge in [-0.15, -0.1) is 0 Å². The number of H-pyrrole nitrogens is 1. The van der Waals surface area contributed by atoms with E-state index in [0.717, 1.165) is 17.7 Å². The van der Waals surface area contributed by atoms with Crippen molar-refractivity contribution in [3.8, 4) is 0 Å². The number of hydrogen-bond donors (Lipinski definition) is 1. The largest absolute Gasteiger partial charge is 0.380 e. The first-order valence-electron chi connectivity index (χ1n) is 5.55. The van der Waals surface area contributed by atoms with Crippen molar-refractivity contribution in [1.29, 1.82) is 0 Å². The van der Waals surface area contributed by atoms with Crippen molar-refractivity contribution >= 4 is 17.1 Å². The highest BCUT2D eigenvalue weighted by Crippen LogP contribution is 2.15. The molecule has 3 nitrogen and oxygen atoms in total. The van der Waals surface area contributed by atoms with Gasteiger partial charge in [0.1, 0.15) is 0 Å². The quantitative estimate of drug-likeness (QED) is 0.605. The van der Waals surface area contributed by atoms with Gasteiger partial charge in [0, 0.05) is 35.5 Å². The molecule has 0 amide bonds. The Hall–Kier alpha value is -1.61. The van der Waals surface area contributed by atoms with Gasteiger partial charge in [0.05, 0.1) is 13.2 Å². The molecular formula is C13H16N2O. The summed E-state index contributed by atoms with van der Waals surface area (Å²) in [5.41, 5.74) is 2.28. The second-order valence-corrected chi connectivity index (χ2v) is 3.52. The van der Waals surface area contributed by atoms with Gasteiger partial charge in [0.2, 0.25) is 0 Å². The lowest BCUT2D eigenvalue weighted by Gasteiger charge is -1.95. The number of hydrogen-bond acceptors (Lipinski definition) is 2. The molecule has 2 rings (SSSR count). The average molecular weight is 216 g/mol. The van der Waals surface area contributed by atoms with Crippen LogP contribution in [0, 0.1) is 0 Å². The molecule has 0 spiro atoms. The molecule has 84 valence electrons. The highest BCUT2D eigenvalue weighted by molar-refractivity contribution is 5.98. The highest BCUT2D eigenvalue weighted by atomic mass is 16.5. The maximum atomic E-state index is 5.22. The van der Waals surface area contributed by atoms with Gasteiger partial charge in [-0.2, -0.15) is 0 Å². The molecule has 0 saturated heterocycles. The molecule has 1 N–H and O–H groups in total. The number of aliphatic imine (C=N–C) groups is 1. The van der Waals surface area contributed by atoms with Crippen LogP contribution in [0.4, 0.5) is 0 Å². The molecule has 3 heteroatoms. The van der Waals surface area contributed by atoms with E-state index in [9.17, 15) is 0 Å². The number of nitrogens with one attached hydrogen (secondary N) is 1. The first-order valence-corrected chi connectivity index (χ1v) is 5.55. The lowest BCUT2D eigenvalue weighted by atomic mass is 10.2. The van der Waals surface area contributed by atoms with Crippen LogP contribution in [0.25, 0.3) is 10.9 Å². The lowest BCUT2D eigenvalue weighted by Crippen LogP contribution is -1.97. The van der Waals surface area contributed by atoms with Crippen LogP contribution < -0.4 is 0 Å². The summed E-state index contributed by atoms with van der Waals surface area (Å²) in [6, 6.07) is 8.21. The van der Waals surface area contributed by atoms with E-state index in [2.05, 4.69) is 22.1 Å². The number of fused-ring (bicyclic) bond motifs is 1. The molecule has 1 heterocycles. The molecule has 0 aliphatic heterocycles. The Bertz CT molecular complexity index is 473. The summed E-state index contributed by atoms with van der Waals surface area (Å²) in [7, 11) is 0. The number of aromatic amines is 1. The molecule has 0 unspecified atom stereocenters. The van der Waals surface area contributed by atoms with Crippen molar-refractivity contribution in [1.82, 2.24) is 4.98 Å². The monoisotopic (exact) mass is 216 g/mol. The highest BCUT2D eigenvalue weighted by Gasteiger charge is 1.98. The summed E-state index contributed by atoms with van der Waals surface area (Å²) in [5.74, 6) is 0. The summed E-state index contributed by atoms with van der Waals surface area (Å²) in [5, 5.41) is 1.21. The molecule has 0 fully saturated rings. The summed E-state index contributed by atoms with van der Waals surface area (Å²) in [6.45, 7) is 4.15. The summed E-state index contributed by atoms with van der Waals surface area (Å²) in [6.07, 6.45) is 3.88. The summed E-state index contributed by atoms with van der Waals surface area (Å²) in [4.78, 5) is 7.55. The van der Waals surface area contributed by atoms with Crippen LogP contribution in [0.2, 0.25) is 0 Å². The molecule has 0 atom stereocenters. The first kappa shape index (κ1) is 10.9. The molecule has 0 bridgehead atoms. The van der Waals surface area contributed by atoms with Crippen LogP contribution >= 0.6 is 0 Å². The minimum absolute atomic E-state index is 0.690. The second kappa shape index (κ2) is 5.47. The van der Waals surface area contributed by atoms with E-state index in [-0.39, 0.29) is 0 Å². The van der Waals surface area contributed by atoms with Crippen molar-refractivity contribution in [3.05, 3.63) is 36.0 Å². The van der Waals surface area contributed by atoms with E-state index in [1.807, 2.05) is 31.5 Å². The SMILES string of the molecule is CCOCCN=Cc1c[nH]c2ccccc12.